The average molecular weight is 628 g/mol. The Morgan fingerprint density at radius 1 is 1.30 bits per heavy atom. The predicted molar refractivity (Wildman–Crippen MR) is 165 cm³/mol. The maximum absolute atomic E-state index is 14.0. The van der Waals surface area contributed by atoms with Gasteiger partial charge in [0, 0.05) is 31.4 Å². The molecular formula is C30H39N7O6S. The number of hydrogen-bond donors (Lipinski definition) is 3. The number of hydrogen-bond acceptors (Lipinski definition) is 9. The summed E-state index contributed by atoms with van der Waals surface area (Å²) in [6.07, 6.45) is 3.51. The fourth-order valence-electron chi connectivity index (χ4n) is 4.46. The van der Waals surface area contributed by atoms with Gasteiger partial charge in [-0.3, -0.25) is 18.9 Å². The number of aliphatic hydroxyl groups excluding tert-OH is 1. The number of carbonyl (C=O) groups excluding carboxylic acids is 1. The van der Waals surface area contributed by atoms with Crippen LogP contribution in [0.15, 0.2) is 40.3 Å². The van der Waals surface area contributed by atoms with Crippen LogP contribution in [0, 0.1) is 11.8 Å². The van der Waals surface area contributed by atoms with Gasteiger partial charge in [0.25, 0.3) is 5.56 Å². The van der Waals surface area contributed by atoms with Gasteiger partial charge in [-0.2, -0.15) is 5.10 Å². The first-order valence-corrected chi connectivity index (χ1v) is 15.8. The molecule has 3 N–H and O–H groups in total. The standard InChI is InChI=1S/C30H39N7O6S/c1-28(2,3)43-27(40)36(6)30(13-14-30)10-9-21(38)17-31-26-33-24-8-7-22(44(41,42)34-29(4)11-12-29)15-23(24)25(39)37(26)19-20-16-32-35(5)18-20/h7-8,15-16,18,21,34,38H,11-14,17,19H2,1-6H3,(H,31,33)/i19D2. The smallest absolute Gasteiger partial charge is 0.411 e. The highest BCUT2D eigenvalue weighted by atomic mass is 32.2. The van der Waals surface area contributed by atoms with Crippen molar-refractivity contribution in [1.82, 2.24) is 29.0 Å². The van der Waals surface area contributed by atoms with Crippen molar-refractivity contribution >= 4 is 33.0 Å². The molecule has 2 aliphatic rings. The first-order valence-electron chi connectivity index (χ1n) is 15.3. The Morgan fingerprint density at radius 2 is 2.00 bits per heavy atom. The lowest BCUT2D eigenvalue weighted by atomic mass is 10.2. The fraction of sp³-hybridized carbons (Fsp3) is 0.533. The zero-order chi connectivity index (χ0) is 33.9. The number of nitrogens with zero attached hydrogens (tertiary/aromatic N) is 5. The van der Waals surface area contributed by atoms with E-state index in [2.05, 4.69) is 32.0 Å². The van der Waals surface area contributed by atoms with Crippen LogP contribution in [0.3, 0.4) is 0 Å². The molecule has 2 aliphatic carbocycles. The third-order valence-electron chi connectivity index (χ3n) is 7.43. The number of aryl methyl sites for hydroxylation is 1. The Labute approximate surface area is 259 Å². The summed E-state index contributed by atoms with van der Waals surface area (Å²) in [5, 5.41) is 17.5. The summed E-state index contributed by atoms with van der Waals surface area (Å²) in [6, 6.07) is 3.91. The van der Waals surface area contributed by atoms with Crippen LogP contribution >= 0.6 is 0 Å². The van der Waals surface area contributed by atoms with Gasteiger partial charge in [0.1, 0.15) is 17.2 Å². The molecule has 5 rings (SSSR count). The Morgan fingerprint density at radius 3 is 2.59 bits per heavy atom. The van der Waals surface area contributed by atoms with E-state index in [0.29, 0.717) is 25.7 Å². The predicted octanol–water partition coefficient (Wildman–Crippen LogP) is 2.18. The molecule has 14 heteroatoms. The monoisotopic (exact) mass is 627 g/mol. The summed E-state index contributed by atoms with van der Waals surface area (Å²) < 4.78 is 54.2. The molecule has 0 saturated heterocycles. The fourth-order valence-corrected chi connectivity index (χ4v) is 5.95. The van der Waals surface area contributed by atoms with Crippen LogP contribution in [0.1, 0.15) is 61.7 Å². The van der Waals surface area contributed by atoms with Crippen molar-refractivity contribution in [3.05, 3.63) is 46.5 Å². The van der Waals surface area contributed by atoms with Crippen LogP contribution in [0.5, 0.6) is 0 Å². The Kier molecular flexibility index (Phi) is 7.34. The number of rotatable bonds is 9. The molecule has 0 spiro atoms. The van der Waals surface area contributed by atoms with Gasteiger partial charge in [0.05, 0.1) is 37.8 Å². The summed E-state index contributed by atoms with van der Waals surface area (Å²) in [4.78, 5) is 32.3. The van der Waals surface area contributed by atoms with E-state index >= 15 is 0 Å². The van der Waals surface area contributed by atoms with Crippen LogP contribution in [0.25, 0.3) is 10.9 Å². The number of nitrogens with one attached hydrogen (secondary N) is 2. The zero-order valence-electron chi connectivity index (χ0n) is 27.6. The zero-order valence-corrected chi connectivity index (χ0v) is 26.4. The van der Waals surface area contributed by atoms with E-state index in [4.69, 9.17) is 7.48 Å². The van der Waals surface area contributed by atoms with Gasteiger partial charge < -0.3 is 15.2 Å². The molecule has 3 aromatic rings. The average Bonchev–Trinajstić information content (AvgIpc) is 3.85. The van der Waals surface area contributed by atoms with Gasteiger partial charge in [-0.1, -0.05) is 11.8 Å². The summed E-state index contributed by atoms with van der Waals surface area (Å²) in [5.74, 6) is 5.51. The van der Waals surface area contributed by atoms with Gasteiger partial charge in [-0.25, -0.2) is 22.9 Å². The van der Waals surface area contributed by atoms with Crippen molar-refractivity contribution in [2.45, 2.75) is 87.6 Å². The highest BCUT2D eigenvalue weighted by molar-refractivity contribution is 7.89. The molecule has 0 aliphatic heterocycles. The van der Waals surface area contributed by atoms with E-state index in [0.717, 1.165) is 4.57 Å². The van der Waals surface area contributed by atoms with E-state index in [9.17, 15) is 23.1 Å². The van der Waals surface area contributed by atoms with E-state index in [1.165, 1.54) is 40.2 Å². The number of sulfonamides is 1. The minimum absolute atomic E-state index is 0.0506. The SMILES string of the molecule is [2H]C([2H])(c1cnn(C)c1)n1c(NCC(O)C#CC2(N(C)C(=O)OC(C)(C)C)CC2)nc2ccc(S(=O)(=O)NC3(C)CC3)cc2c1=O. The van der Waals surface area contributed by atoms with Crippen LogP contribution < -0.4 is 15.6 Å². The van der Waals surface area contributed by atoms with Crippen molar-refractivity contribution in [3.8, 4) is 11.8 Å². The van der Waals surface area contributed by atoms with Crippen LogP contribution in [-0.2, 0) is 28.3 Å². The Hall–Kier alpha value is -3.93. The lowest BCUT2D eigenvalue weighted by Crippen LogP contribution is -2.41. The first kappa shape index (κ1) is 28.8. The highest BCUT2D eigenvalue weighted by Crippen LogP contribution is 2.41. The van der Waals surface area contributed by atoms with Gasteiger partial charge >= 0.3 is 6.09 Å². The van der Waals surface area contributed by atoms with Crippen LogP contribution in [-0.4, -0.2) is 80.2 Å². The maximum Gasteiger partial charge on any atom is 0.411 e. The maximum atomic E-state index is 14.0. The number of fused-ring (bicyclic) bond motifs is 1. The molecule has 13 nitrogen and oxygen atoms in total. The molecule has 2 fully saturated rings. The van der Waals surface area contributed by atoms with Crippen molar-refractivity contribution in [2.75, 3.05) is 18.9 Å². The van der Waals surface area contributed by atoms with E-state index in [1.54, 1.807) is 41.8 Å². The number of aliphatic hydroxyl groups is 1. The number of amides is 1. The molecule has 1 atom stereocenters. The van der Waals surface area contributed by atoms with Crippen LogP contribution in [0.4, 0.5) is 10.7 Å². The molecule has 236 valence electrons. The lowest BCUT2D eigenvalue weighted by molar-refractivity contribution is 0.0242. The van der Waals surface area contributed by atoms with Crippen molar-refractivity contribution in [1.29, 1.82) is 0 Å². The molecule has 0 bridgehead atoms. The van der Waals surface area contributed by atoms with E-state index < -0.39 is 51.0 Å². The summed E-state index contributed by atoms with van der Waals surface area (Å²) in [6.45, 7) is 4.38. The molecule has 1 aromatic carbocycles. The van der Waals surface area contributed by atoms with Gasteiger partial charge in [-0.05, 0) is 71.6 Å². The molecule has 44 heavy (non-hydrogen) atoms. The Bertz CT molecular complexity index is 1910. The largest absolute Gasteiger partial charge is 0.444 e. The number of ether oxygens (including phenoxy) is 1. The third-order valence-corrected chi connectivity index (χ3v) is 9.07. The highest BCUT2D eigenvalue weighted by Gasteiger charge is 2.48. The van der Waals surface area contributed by atoms with Gasteiger partial charge in [0.2, 0.25) is 16.0 Å². The molecule has 0 radical (unpaired) electrons. The molecule has 2 aromatic heterocycles. The third kappa shape index (κ3) is 7.06. The van der Waals surface area contributed by atoms with Gasteiger partial charge in [-0.15, -0.1) is 0 Å². The normalized spacial score (nSPS) is 18.3. The summed E-state index contributed by atoms with van der Waals surface area (Å²) >= 11 is 0. The minimum atomic E-state index is -3.96. The number of benzene rings is 1. The molecule has 1 unspecified atom stereocenters. The van der Waals surface area contributed by atoms with E-state index in [-0.39, 0.29) is 33.9 Å². The number of aromatic nitrogens is 4. The summed E-state index contributed by atoms with van der Waals surface area (Å²) in [5.41, 5.74) is -2.65. The molecule has 2 heterocycles. The number of anilines is 1. The van der Waals surface area contributed by atoms with Crippen LogP contribution in [0.2, 0.25) is 0 Å². The molecule has 1 amide bonds. The van der Waals surface area contributed by atoms with Crippen molar-refractivity contribution in [3.63, 3.8) is 0 Å². The lowest BCUT2D eigenvalue weighted by Gasteiger charge is -2.28. The Balaban J connectivity index is 1.46. The van der Waals surface area contributed by atoms with Gasteiger partial charge in [0.15, 0.2) is 0 Å². The van der Waals surface area contributed by atoms with Crippen molar-refractivity contribution < 1.29 is 25.8 Å². The second-order valence-corrected chi connectivity index (χ2v) is 14.4. The van der Waals surface area contributed by atoms with E-state index in [1.807, 2.05) is 0 Å². The molecule has 2 saturated carbocycles. The molecular weight excluding hydrogens is 586 g/mol. The second kappa shape index (κ2) is 11.2. The minimum Gasteiger partial charge on any atom is -0.444 e. The van der Waals surface area contributed by atoms with Crippen molar-refractivity contribution in [2.24, 2.45) is 7.05 Å². The topological polar surface area (TPSA) is 161 Å². The first-order chi connectivity index (χ1) is 21.3. The quantitative estimate of drug-likeness (QED) is 0.302. The summed E-state index contributed by atoms with van der Waals surface area (Å²) in [7, 11) is -0.757. The second-order valence-electron chi connectivity index (χ2n) is 12.7. The number of carbonyl (C=O) groups is 1.